The molecule has 0 spiro atoms. The second-order valence-electron chi connectivity index (χ2n) is 2.66. The van der Waals surface area contributed by atoms with Crippen LogP contribution in [0.5, 0.6) is 0 Å². The Balaban J connectivity index is 2.91. The van der Waals surface area contributed by atoms with Crippen molar-refractivity contribution in [2.45, 2.75) is 6.92 Å². The Bertz CT molecular complexity index is 253. The minimum absolute atomic E-state index is 0.795. The predicted molar refractivity (Wildman–Crippen MR) is 49.9 cm³/mol. The van der Waals surface area contributed by atoms with Gasteiger partial charge in [-0.2, -0.15) is 0 Å². The molecule has 0 saturated heterocycles. The summed E-state index contributed by atoms with van der Waals surface area (Å²) in [6, 6.07) is 7.72. The van der Waals surface area contributed by atoms with Gasteiger partial charge < -0.3 is 5.73 Å². The van der Waals surface area contributed by atoms with Crippen molar-refractivity contribution in [2.75, 3.05) is 5.73 Å². The van der Waals surface area contributed by atoms with Crippen molar-refractivity contribution in [1.82, 2.24) is 0 Å². The molecule has 0 amide bonds. The van der Waals surface area contributed by atoms with E-state index in [9.17, 15) is 0 Å². The lowest BCUT2D eigenvalue weighted by atomic mass is 10.1. The van der Waals surface area contributed by atoms with Gasteiger partial charge in [-0.15, -0.1) is 0 Å². The molecule has 1 heteroatoms. The van der Waals surface area contributed by atoms with Crippen molar-refractivity contribution < 1.29 is 0 Å². The van der Waals surface area contributed by atoms with E-state index in [1.807, 2.05) is 37.3 Å². The van der Waals surface area contributed by atoms with Crippen LogP contribution in [0.25, 0.3) is 6.08 Å². The smallest absolute Gasteiger partial charge is 0.0314 e. The Morgan fingerprint density at radius 1 is 1.36 bits per heavy atom. The molecular formula is C10H12N. The quantitative estimate of drug-likeness (QED) is 0.605. The zero-order valence-corrected chi connectivity index (χ0v) is 6.67. The number of nitrogens with two attached hydrogens (primary N) is 1. The molecular weight excluding hydrogens is 134 g/mol. The fourth-order valence-corrected chi connectivity index (χ4v) is 0.877. The van der Waals surface area contributed by atoms with Gasteiger partial charge in [0.25, 0.3) is 0 Å². The molecule has 0 aliphatic rings. The number of rotatable bonds is 1. The monoisotopic (exact) mass is 146 g/mol. The SMILES string of the molecule is [CH2]C(C)=Cc1ccc(N)cc1. The Hall–Kier alpha value is -1.24. The molecule has 1 rings (SSSR count). The minimum Gasteiger partial charge on any atom is -0.399 e. The first-order valence-corrected chi connectivity index (χ1v) is 3.54. The van der Waals surface area contributed by atoms with Gasteiger partial charge in [0.05, 0.1) is 0 Å². The van der Waals surface area contributed by atoms with E-state index in [1.165, 1.54) is 0 Å². The van der Waals surface area contributed by atoms with Gasteiger partial charge in [-0.05, 0) is 31.5 Å². The molecule has 1 nitrogen and oxygen atoms in total. The van der Waals surface area contributed by atoms with Crippen molar-refractivity contribution >= 4 is 11.8 Å². The van der Waals surface area contributed by atoms with Gasteiger partial charge in [0, 0.05) is 5.69 Å². The van der Waals surface area contributed by atoms with Crippen LogP contribution < -0.4 is 5.73 Å². The van der Waals surface area contributed by atoms with Gasteiger partial charge in [0.2, 0.25) is 0 Å². The molecule has 0 aliphatic heterocycles. The van der Waals surface area contributed by atoms with E-state index < -0.39 is 0 Å². The van der Waals surface area contributed by atoms with E-state index in [-0.39, 0.29) is 0 Å². The number of benzene rings is 1. The van der Waals surface area contributed by atoms with Gasteiger partial charge in [0.1, 0.15) is 0 Å². The second-order valence-corrected chi connectivity index (χ2v) is 2.66. The summed E-state index contributed by atoms with van der Waals surface area (Å²) < 4.78 is 0. The zero-order chi connectivity index (χ0) is 8.27. The summed E-state index contributed by atoms with van der Waals surface area (Å²) in [4.78, 5) is 0. The van der Waals surface area contributed by atoms with Crippen LogP contribution >= 0.6 is 0 Å². The fourth-order valence-electron chi connectivity index (χ4n) is 0.877. The van der Waals surface area contributed by atoms with Gasteiger partial charge in [-0.1, -0.05) is 23.8 Å². The molecule has 0 unspecified atom stereocenters. The number of hydrogen-bond acceptors (Lipinski definition) is 1. The van der Waals surface area contributed by atoms with Crippen molar-refractivity contribution in [3.63, 3.8) is 0 Å². The minimum atomic E-state index is 0.795. The molecule has 1 aromatic rings. The maximum absolute atomic E-state index is 5.52. The Labute approximate surface area is 67.5 Å². The lowest BCUT2D eigenvalue weighted by Gasteiger charge is -1.95. The van der Waals surface area contributed by atoms with Crippen molar-refractivity contribution in [2.24, 2.45) is 0 Å². The number of allylic oxidation sites excluding steroid dienone is 1. The highest BCUT2D eigenvalue weighted by Crippen LogP contribution is 2.08. The fraction of sp³-hybridized carbons (Fsp3) is 0.100. The van der Waals surface area contributed by atoms with Crippen LogP contribution in [0.3, 0.4) is 0 Å². The highest BCUT2D eigenvalue weighted by molar-refractivity contribution is 5.56. The number of anilines is 1. The summed E-state index contributed by atoms with van der Waals surface area (Å²) in [7, 11) is 0. The lowest BCUT2D eigenvalue weighted by molar-refractivity contribution is 1.55. The first-order valence-electron chi connectivity index (χ1n) is 3.54. The molecule has 1 radical (unpaired) electrons. The third kappa shape index (κ3) is 2.46. The first kappa shape index (κ1) is 7.86. The van der Waals surface area contributed by atoms with Crippen LogP contribution in [0.15, 0.2) is 29.8 Å². The summed E-state index contributed by atoms with van der Waals surface area (Å²) in [6.07, 6.45) is 2.01. The number of nitrogen functional groups attached to an aromatic ring is 1. The van der Waals surface area contributed by atoms with Gasteiger partial charge in [0.15, 0.2) is 0 Å². The van der Waals surface area contributed by atoms with Crippen molar-refractivity contribution in [3.05, 3.63) is 42.3 Å². The summed E-state index contributed by atoms with van der Waals surface area (Å²) in [6.45, 7) is 5.75. The average molecular weight is 146 g/mol. The molecule has 0 saturated carbocycles. The van der Waals surface area contributed by atoms with Crippen LogP contribution in [0.1, 0.15) is 12.5 Å². The van der Waals surface area contributed by atoms with Gasteiger partial charge in [-0.25, -0.2) is 0 Å². The molecule has 11 heavy (non-hydrogen) atoms. The summed E-state index contributed by atoms with van der Waals surface area (Å²) in [5.74, 6) is 0. The Kier molecular flexibility index (Phi) is 2.32. The predicted octanol–water partition coefficient (Wildman–Crippen LogP) is 2.51. The van der Waals surface area contributed by atoms with E-state index in [4.69, 9.17) is 5.73 Å². The normalized spacial score (nSPS) is 11.6. The molecule has 1 aromatic carbocycles. The van der Waals surface area contributed by atoms with E-state index in [0.717, 1.165) is 16.8 Å². The standard InChI is InChI=1S/C10H12N/c1-8(2)7-9-3-5-10(11)6-4-9/h3-7H,1,11H2,2H3. The van der Waals surface area contributed by atoms with E-state index in [2.05, 4.69) is 6.92 Å². The molecule has 2 N–H and O–H groups in total. The maximum Gasteiger partial charge on any atom is 0.0314 e. The van der Waals surface area contributed by atoms with E-state index in [0.29, 0.717) is 0 Å². The van der Waals surface area contributed by atoms with Crippen LogP contribution in [0.2, 0.25) is 0 Å². The van der Waals surface area contributed by atoms with Crippen LogP contribution in [0.4, 0.5) is 5.69 Å². The van der Waals surface area contributed by atoms with Crippen LogP contribution in [-0.2, 0) is 0 Å². The first-order chi connectivity index (χ1) is 5.18. The van der Waals surface area contributed by atoms with E-state index in [1.54, 1.807) is 0 Å². The summed E-state index contributed by atoms with van der Waals surface area (Å²) >= 11 is 0. The lowest BCUT2D eigenvalue weighted by Crippen LogP contribution is -1.82. The Morgan fingerprint density at radius 3 is 2.36 bits per heavy atom. The van der Waals surface area contributed by atoms with Crippen molar-refractivity contribution in [3.8, 4) is 0 Å². The third-order valence-electron chi connectivity index (χ3n) is 1.35. The molecule has 0 aliphatic carbocycles. The maximum atomic E-state index is 5.52. The zero-order valence-electron chi connectivity index (χ0n) is 6.67. The van der Waals surface area contributed by atoms with Crippen molar-refractivity contribution in [1.29, 1.82) is 0 Å². The van der Waals surface area contributed by atoms with Crippen LogP contribution in [0, 0.1) is 6.92 Å². The molecule has 0 aromatic heterocycles. The highest BCUT2D eigenvalue weighted by Gasteiger charge is 1.86. The summed E-state index contributed by atoms with van der Waals surface area (Å²) in [5, 5.41) is 0. The third-order valence-corrected chi connectivity index (χ3v) is 1.35. The van der Waals surface area contributed by atoms with E-state index >= 15 is 0 Å². The molecule has 0 fully saturated rings. The highest BCUT2D eigenvalue weighted by atomic mass is 14.5. The molecule has 0 heterocycles. The molecule has 57 valence electrons. The largest absolute Gasteiger partial charge is 0.399 e. The van der Waals surface area contributed by atoms with Gasteiger partial charge >= 0.3 is 0 Å². The number of hydrogen-bond donors (Lipinski definition) is 1. The Morgan fingerprint density at radius 2 is 1.91 bits per heavy atom. The average Bonchev–Trinajstić information content (AvgIpc) is 1.93. The topological polar surface area (TPSA) is 26.0 Å². The molecule has 0 atom stereocenters. The summed E-state index contributed by atoms with van der Waals surface area (Å²) in [5.41, 5.74) is 8.51. The second kappa shape index (κ2) is 3.24. The van der Waals surface area contributed by atoms with Gasteiger partial charge in [-0.3, -0.25) is 0 Å². The van der Waals surface area contributed by atoms with Crippen LogP contribution in [-0.4, -0.2) is 0 Å². The molecule has 0 bridgehead atoms.